The minimum Gasteiger partial charge on any atom is -0.394 e. The molecule has 2 atom stereocenters. The van der Waals surface area contributed by atoms with Gasteiger partial charge >= 0.3 is 0 Å². The van der Waals surface area contributed by atoms with Crippen molar-refractivity contribution in [2.75, 3.05) is 11.9 Å². The molecule has 1 fully saturated rings. The first kappa shape index (κ1) is 11.4. The van der Waals surface area contributed by atoms with E-state index >= 15 is 0 Å². The third kappa shape index (κ3) is 2.05. The number of hydrogen-bond acceptors (Lipinski definition) is 2. The summed E-state index contributed by atoms with van der Waals surface area (Å²) in [6, 6.07) is 6.32. The van der Waals surface area contributed by atoms with Gasteiger partial charge in [0.05, 0.1) is 12.1 Å². The van der Waals surface area contributed by atoms with E-state index in [2.05, 4.69) is 12.2 Å². The highest BCUT2D eigenvalue weighted by atomic mass is 19.1. The second-order valence-corrected chi connectivity index (χ2v) is 4.74. The molecular formula is C13H18FNO. The Kier molecular flexibility index (Phi) is 3.15. The van der Waals surface area contributed by atoms with Gasteiger partial charge in [0.25, 0.3) is 0 Å². The molecule has 0 saturated heterocycles. The summed E-state index contributed by atoms with van der Waals surface area (Å²) in [5.41, 5.74) is 0.655. The maximum Gasteiger partial charge on any atom is 0.123 e. The second-order valence-electron chi connectivity index (χ2n) is 4.74. The van der Waals surface area contributed by atoms with Crippen molar-refractivity contribution >= 4 is 5.69 Å². The van der Waals surface area contributed by atoms with E-state index in [1.807, 2.05) is 0 Å². The average molecular weight is 223 g/mol. The number of hydrogen-bond donors (Lipinski definition) is 2. The van der Waals surface area contributed by atoms with Gasteiger partial charge in [0.15, 0.2) is 0 Å². The number of aliphatic hydroxyl groups is 1. The number of anilines is 1. The summed E-state index contributed by atoms with van der Waals surface area (Å²) in [4.78, 5) is 0. The van der Waals surface area contributed by atoms with Crippen molar-refractivity contribution in [2.45, 2.75) is 31.7 Å². The molecule has 3 heteroatoms. The van der Waals surface area contributed by atoms with Crippen molar-refractivity contribution in [2.24, 2.45) is 5.92 Å². The lowest BCUT2D eigenvalue weighted by atomic mass is 9.89. The topological polar surface area (TPSA) is 32.3 Å². The van der Waals surface area contributed by atoms with Crippen LogP contribution < -0.4 is 5.32 Å². The first-order valence-corrected chi connectivity index (χ1v) is 5.81. The van der Waals surface area contributed by atoms with E-state index in [0.717, 1.165) is 24.9 Å². The summed E-state index contributed by atoms with van der Waals surface area (Å²) in [5, 5.41) is 12.9. The van der Waals surface area contributed by atoms with Gasteiger partial charge in [-0.15, -0.1) is 0 Å². The monoisotopic (exact) mass is 223 g/mol. The molecule has 2 unspecified atom stereocenters. The van der Waals surface area contributed by atoms with Crippen LogP contribution in [0.25, 0.3) is 0 Å². The van der Waals surface area contributed by atoms with Crippen LogP contribution in [0.1, 0.15) is 26.2 Å². The van der Waals surface area contributed by atoms with Crippen molar-refractivity contribution in [3.8, 4) is 0 Å². The summed E-state index contributed by atoms with van der Waals surface area (Å²) >= 11 is 0. The molecule has 0 spiro atoms. The molecule has 2 nitrogen and oxygen atoms in total. The van der Waals surface area contributed by atoms with Crippen LogP contribution in [0, 0.1) is 11.7 Å². The van der Waals surface area contributed by atoms with E-state index < -0.39 is 0 Å². The van der Waals surface area contributed by atoms with Crippen LogP contribution in [0.15, 0.2) is 24.3 Å². The van der Waals surface area contributed by atoms with Gasteiger partial charge in [-0.2, -0.15) is 0 Å². The highest BCUT2D eigenvalue weighted by Crippen LogP contribution is 2.37. The summed E-state index contributed by atoms with van der Waals surface area (Å²) in [6.07, 6.45) is 3.24. The third-order valence-corrected chi connectivity index (χ3v) is 3.72. The largest absolute Gasteiger partial charge is 0.394 e. The van der Waals surface area contributed by atoms with Crippen LogP contribution in [-0.4, -0.2) is 17.3 Å². The van der Waals surface area contributed by atoms with Crippen LogP contribution in [0.4, 0.5) is 10.1 Å². The molecule has 2 N–H and O–H groups in total. The SMILES string of the molecule is CC1CCCC1(CO)Nc1ccc(F)cc1. The molecule has 0 radical (unpaired) electrons. The van der Waals surface area contributed by atoms with Crippen molar-refractivity contribution in [1.82, 2.24) is 0 Å². The molecule has 0 bridgehead atoms. The van der Waals surface area contributed by atoms with Gasteiger partial charge in [0.1, 0.15) is 5.82 Å². The van der Waals surface area contributed by atoms with Crippen LogP contribution in [0.3, 0.4) is 0 Å². The summed E-state index contributed by atoms with van der Waals surface area (Å²) in [6.45, 7) is 2.28. The van der Waals surface area contributed by atoms with Crippen LogP contribution in [0.5, 0.6) is 0 Å². The lowest BCUT2D eigenvalue weighted by molar-refractivity contribution is 0.184. The Bertz CT molecular complexity index is 351. The standard InChI is InChI=1S/C13H18FNO/c1-10-3-2-8-13(10,9-16)15-12-6-4-11(14)5-7-12/h4-7,10,15-16H,2-3,8-9H2,1H3. The molecule has 0 aromatic heterocycles. The Morgan fingerprint density at radius 3 is 2.62 bits per heavy atom. The first-order valence-electron chi connectivity index (χ1n) is 5.81. The van der Waals surface area contributed by atoms with Crippen molar-refractivity contribution in [3.05, 3.63) is 30.1 Å². The fourth-order valence-corrected chi connectivity index (χ4v) is 2.53. The van der Waals surface area contributed by atoms with Crippen LogP contribution in [-0.2, 0) is 0 Å². The van der Waals surface area contributed by atoms with Gasteiger partial charge in [-0.1, -0.05) is 13.3 Å². The highest BCUT2D eigenvalue weighted by molar-refractivity contribution is 5.46. The fraction of sp³-hybridized carbons (Fsp3) is 0.538. The highest BCUT2D eigenvalue weighted by Gasteiger charge is 2.39. The molecule has 1 aliphatic rings. The van der Waals surface area contributed by atoms with Gasteiger partial charge in [0.2, 0.25) is 0 Å². The summed E-state index contributed by atoms with van der Waals surface area (Å²) in [7, 11) is 0. The van der Waals surface area contributed by atoms with Crippen LogP contribution in [0.2, 0.25) is 0 Å². The van der Waals surface area contributed by atoms with E-state index in [9.17, 15) is 9.50 Å². The molecule has 0 amide bonds. The van der Waals surface area contributed by atoms with Gasteiger partial charge in [-0.3, -0.25) is 0 Å². The summed E-state index contributed by atoms with van der Waals surface area (Å²) < 4.78 is 12.8. The van der Waals surface area contributed by atoms with Crippen molar-refractivity contribution in [3.63, 3.8) is 0 Å². The molecule has 1 aliphatic carbocycles. The van der Waals surface area contributed by atoms with Crippen LogP contribution >= 0.6 is 0 Å². The second kappa shape index (κ2) is 4.42. The number of aliphatic hydroxyl groups excluding tert-OH is 1. The van der Waals surface area contributed by atoms with Gasteiger partial charge in [0, 0.05) is 5.69 Å². The van der Waals surface area contributed by atoms with Crippen molar-refractivity contribution in [1.29, 1.82) is 0 Å². The summed E-state index contributed by atoms with van der Waals surface area (Å²) in [5.74, 6) is 0.214. The van der Waals surface area contributed by atoms with E-state index in [0.29, 0.717) is 5.92 Å². The number of nitrogens with one attached hydrogen (secondary N) is 1. The Morgan fingerprint density at radius 2 is 2.12 bits per heavy atom. The first-order chi connectivity index (χ1) is 7.66. The average Bonchev–Trinajstić information content (AvgIpc) is 2.64. The normalized spacial score (nSPS) is 29.3. The van der Waals surface area contributed by atoms with Gasteiger partial charge in [-0.25, -0.2) is 4.39 Å². The Hall–Kier alpha value is -1.09. The molecule has 0 heterocycles. The van der Waals surface area contributed by atoms with Crippen molar-refractivity contribution < 1.29 is 9.50 Å². The maximum absolute atomic E-state index is 12.8. The molecule has 16 heavy (non-hydrogen) atoms. The van der Waals surface area contributed by atoms with Gasteiger partial charge < -0.3 is 10.4 Å². The molecular weight excluding hydrogens is 205 g/mol. The quantitative estimate of drug-likeness (QED) is 0.825. The van der Waals surface area contributed by atoms with E-state index in [-0.39, 0.29) is 18.0 Å². The van der Waals surface area contributed by atoms with E-state index in [1.54, 1.807) is 12.1 Å². The Morgan fingerprint density at radius 1 is 1.44 bits per heavy atom. The smallest absolute Gasteiger partial charge is 0.123 e. The molecule has 1 aromatic rings. The zero-order valence-electron chi connectivity index (χ0n) is 9.54. The zero-order chi connectivity index (χ0) is 11.6. The zero-order valence-corrected chi connectivity index (χ0v) is 9.54. The third-order valence-electron chi connectivity index (χ3n) is 3.72. The fourth-order valence-electron chi connectivity index (χ4n) is 2.53. The van der Waals surface area contributed by atoms with E-state index in [1.165, 1.54) is 12.1 Å². The lowest BCUT2D eigenvalue weighted by Crippen LogP contribution is -2.44. The van der Waals surface area contributed by atoms with E-state index in [4.69, 9.17) is 0 Å². The predicted octanol–water partition coefficient (Wildman–Crippen LogP) is 2.79. The van der Waals surface area contributed by atoms with Gasteiger partial charge in [-0.05, 0) is 43.0 Å². The Labute approximate surface area is 95.5 Å². The minimum atomic E-state index is -0.233. The molecule has 88 valence electrons. The molecule has 0 aliphatic heterocycles. The molecule has 1 aromatic carbocycles. The lowest BCUT2D eigenvalue weighted by Gasteiger charge is -2.34. The number of halogens is 1. The predicted molar refractivity (Wildman–Crippen MR) is 62.9 cm³/mol. The molecule has 1 saturated carbocycles. The maximum atomic E-state index is 12.8. The Balaban J connectivity index is 2.15. The molecule has 2 rings (SSSR count). The minimum absolute atomic E-state index is 0.130. The number of benzene rings is 1. The number of rotatable bonds is 3.